The molecule has 0 saturated heterocycles. The predicted molar refractivity (Wildman–Crippen MR) is 86.0 cm³/mol. The van der Waals surface area contributed by atoms with Gasteiger partial charge in [0, 0.05) is 0 Å². The van der Waals surface area contributed by atoms with Crippen LogP contribution in [0.1, 0.15) is 58.3 Å². The van der Waals surface area contributed by atoms with E-state index in [1.807, 2.05) is 0 Å². The minimum atomic E-state index is 1.15. The van der Waals surface area contributed by atoms with Crippen molar-refractivity contribution in [3.8, 4) is 0 Å². The van der Waals surface area contributed by atoms with Crippen molar-refractivity contribution in [1.29, 1.82) is 0 Å². The molecule has 0 aliphatic rings. The molecule has 0 aromatic carbocycles. The Morgan fingerprint density at radius 1 is 0.789 bits per heavy atom. The van der Waals surface area contributed by atoms with E-state index in [2.05, 4.69) is 56.5 Å². The van der Waals surface area contributed by atoms with Gasteiger partial charge >= 0.3 is 5.96 Å². The molecule has 0 heterocycles. The molecule has 0 aromatic heterocycles. The highest BCUT2D eigenvalue weighted by Gasteiger charge is 2.17. The van der Waals surface area contributed by atoms with Gasteiger partial charge in [0.1, 0.15) is 0 Å². The van der Waals surface area contributed by atoms with Crippen molar-refractivity contribution in [1.82, 2.24) is 9.80 Å². The molecule has 19 heavy (non-hydrogen) atoms. The maximum Gasteiger partial charge on any atom is 0.349 e. The van der Waals surface area contributed by atoms with Crippen LogP contribution in [0.15, 0.2) is 0 Å². The molecule has 0 bridgehead atoms. The summed E-state index contributed by atoms with van der Waals surface area (Å²) in [7, 11) is 10.6. The molecule has 0 rings (SSSR count). The van der Waals surface area contributed by atoms with E-state index in [-0.39, 0.29) is 0 Å². The SMILES string of the molecule is CCCCCCCCCCN(C)C(N(C)C)=[N+](C)C. The Morgan fingerprint density at radius 3 is 1.68 bits per heavy atom. The summed E-state index contributed by atoms with van der Waals surface area (Å²) in [5, 5.41) is 0. The number of guanidine groups is 1. The first-order valence-electron chi connectivity index (χ1n) is 7.93. The van der Waals surface area contributed by atoms with Crippen LogP contribution in [-0.4, -0.2) is 62.1 Å². The molecule has 0 spiro atoms. The van der Waals surface area contributed by atoms with Gasteiger partial charge < -0.3 is 0 Å². The van der Waals surface area contributed by atoms with Crippen LogP contribution in [-0.2, 0) is 0 Å². The van der Waals surface area contributed by atoms with Gasteiger partial charge in [0.25, 0.3) is 0 Å². The lowest BCUT2D eigenvalue weighted by molar-refractivity contribution is -0.475. The van der Waals surface area contributed by atoms with Gasteiger partial charge in [0.2, 0.25) is 0 Å². The molecule has 3 nitrogen and oxygen atoms in total. The fourth-order valence-corrected chi connectivity index (χ4v) is 2.67. The molecule has 0 amide bonds. The van der Waals surface area contributed by atoms with Gasteiger partial charge in [-0.3, -0.25) is 14.4 Å². The Hall–Kier alpha value is -0.730. The molecule has 3 heteroatoms. The first-order chi connectivity index (χ1) is 9.00. The van der Waals surface area contributed by atoms with E-state index in [1.165, 1.54) is 57.3 Å². The van der Waals surface area contributed by atoms with Crippen LogP contribution in [0, 0.1) is 0 Å². The monoisotopic (exact) mass is 270 g/mol. The smallest absolute Gasteiger partial charge is 0.270 e. The molecule has 0 atom stereocenters. The maximum atomic E-state index is 2.36. The zero-order chi connectivity index (χ0) is 14.7. The lowest BCUT2D eigenvalue weighted by Gasteiger charge is -2.21. The second-order valence-corrected chi connectivity index (χ2v) is 5.99. The molecule has 0 aromatic rings. The van der Waals surface area contributed by atoms with Crippen molar-refractivity contribution in [2.75, 3.05) is 41.8 Å². The quantitative estimate of drug-likeness (QED) is 0.275. The molecule has 0 radical (unpaired) electrons. The molecule has 0 fully saturated rings. The van der Waals surface area contributed by atoms with E-state index in [4.69, 9.17) is 0 Å². The average Bonchev–Trinajstić information content (AvgIpc) is 2.31. The molecular formula is C16H36N3+. The lowest BCUT2D eigenvalue weighted by Crippen LogP contribution is -2.43. The van der Waals surface area contributed by atoms with Gasteiger partial charge in [-0.25, -0.2) is 0 Å². The minimum Gasteiger partial charge on any atom is -0.270 e. The van der Waals surface area contributed by atoms with Crippen LogP contribution in [0.5, 0.6) is 0 Å². The summed E-state index contributed by atoms with van der Waals surface area (Å²) in [6.07, 6.45) is 11.1. The highest BCUT2D eigenvalue weighted by Crippen LogP contribution is 2.08. The predicted octanol–water partition coefficient (Wildman–Crippen LogP) is 3.25. The summed E-state index contributed by atoms with van der Waals surface area (Å²) < 4.78 is 2.19. The Kier molecular flexibility index (Phi) is 10.7. The van der Waals surface area contributed by atoms with E-state index in [0.717, 1.165) is 6.54 Å². The van der Waals surface area contributed by atoms with Crippen LogP contribution < -0.4 is 0 Å². The van der Waals surface area contributed by atoms with Crippen LogP contribution in [0.2, 0.25) is 0 Å². The van der Waals surface area contributed by atoms with Gasteiger partial charge in [-0.15, -0.1) is 0 Å². The number of rotatable bonds is 9. The van der Waals surface area contributed by atoms with Crippen LogP contribution in [0.25, 0.3) is 0 Å². The van der Waals surface area contributed by atoms with E-state index in [0.29, 0.717) is 0 Å². The summed E-state index contributed by atoms with van der Waals surface area (Å²) >= 11 is 0. The number of hydrogen-bond acceptors (Lipinski definition) is 0. The third-order valence-electron chi connectivity index (χ3n) is 3.49. The van der Waals surface area contributed by atoms with E-state index >= 15 is 0 Å². The summed E-state index contributed by atoms with van der Waals surface area (Å²) in [6, 6.07) is 0. The van der Waals surface area contributed by atoms with E-state index in [9.17, 15) is 0 Å². The Labute approximate surface area is 121 Å². The summed E-state index contributed by atoms with van der Waals surface area (Å²) in [5.41, 5.74) is 0. The molecule has 0 aliphatic carbocycles. The number of unbranched alkanes of at least 4 members (excludes halogenated alkanes) is 7. The third kappa shape index (κ3) is 8.90. The Morgan fingerprint density at radius 2 is 1.26 bits per heavy atom. The molecule has 0 N–H and O–H groups in total. The molecule has 0 aliphatic heterocycles. The zero-order valence-electron chi connectivity index (χ0n) is 14.2. The van der Waals surface area contributed by atoms with Crippen LogP contribution in [0.4, 0.5) is 0 Å². The van der Waals surface area contributed by atoms with Crippen molar-refractivity contribution in [3.05, 3.63) is 0 Å². The second kappa shape index (κ2) is 11.1. The topological polar surface area (TPSA) is 9.49 Å². The van der Waals surface area contributed by atoms with Crippen LogP contribution in [0.3, 0.4) is 0 Å². The fourth-order valence-electron chi connectivity index (χ4n) is 2.67. The largest absolute Gasteiger partial charge is 0.349 e. The van der Waals surface area contributed by atoms with Gasteiger partial charge in [0.05, 0.1) is 41.8 Å². The van der Waals surface area contributed by atoms with Crippen molar-refractivity contribution in [2.45, 2.75) is 58.3 Å². The molecule has 0 saturated carbocycles. The zero-order valence-corrected chi connectivity index (χ0v) is 14.2. The molecular weight excluding hydrogens is 234 g/mol. The molecule has 114 valence electrons. The lowest BCUT2D eigenvalue weighted by atomic mass is 10.1. The fraction of sp³-hybridized carbons (Fsp3) is 0.938. The number of nitrogens with zero attached hydrogens (tertiary/aromatic N) is 3. The van der Waals surface area contributed by atoms with Gasteiger partial charge in [0.15, 0.2) is 0 Å². The summed E-state index contributed by atoms with van der Waals surface area (Å²) in [6.45, 7) is 3.43. The first-order valence-corrected chi connectivity index (χ1v) is 7.93. The number of hydrogen-bond donors (Lipinski definition) is 0. The van der Waals surface area contributed by atoms with Crippen molar-refractivity contribution in [3.63, 3.8) is 0 Å². The van der Waals surface area contributed by atoms with Gasteiger partial charge in [-0.2, -0.15) is 0 Å². The van der Waals surface area contributed by atoms with Crippen LogP contribution >= 0.6 is 0 Å². The van der Waals surface area contributed by atoms with Crippen molar-refractivity contribution >= 4 is 5.96 Å². The molecule has 0 unspecified atom stereocenters. The standard InChI is InChI=1S/C16H36N3/c1-7-8-9-10-11-12-13-14-15-19(6)16(17(2)3)18(4)5/h7-15H2,1-6H3/q+1. The highest BCUT2D eigenvalue weighted by atomic mass is 15.4. The van der Waals surface area contributed by atoms with E-state index in [1.54, 1.807) is 0 Å². The summed E-state index contributed by atoms with van der Waals surface area (Å²) in [5.74, 6) is 1.28. The highest BCUT2D eigenvalue weighted by molar-refractivity contribution is 5.74. The van der Waals surface area contributed by atoms with Crippen molar-refractivity contribution in [2.24, 2.45) is 0 Å². The van der Waals surface area contributed by atoms with E-state index < -0.39 is 0 Å². The van der Waals surface area contributed by atoms with Crippen molar-refractivity contribution < 1.29 is 4.58 Å². The van der Waals surface area contributed by atoms with Gasteiger partial charge in [-0.1, -0.05) is 51.9 Å². The average molecular weight is 270 g/mol. The third-order valence-corrected chi connectivity index (χ3v) is 3.49. The Bertz CT molecular complexity index is 242. The maximum absolute atomic E-state index is 2.36. The first kappa shape index (κ1) is 18.3. The summed E-state index contributed by atoms with van der Waals surface area (Å²) in [4.78, 5) is 4.54. The Balaban J connectivity index is 3.69. The minimum absolute atomic E-state index is 1.15. The van der Waals surface area contributed by atoms with Gasteiger partial charge in [-0.05, 0) is 6.42 Å². The normalized spacial score (nSPS) is 10.4. The second-order valence-electron chi connectivity index (χ2n) is 5.99.